The van der Waals surface area contributed by atoms with Crippen molar-refractivity contribution in [2.45, 2.75) is 6.10 Å². The molecule has 0 amide bonds. The fourth-order valence-electron chi connectivity index (χ4n) is 2.06. The van der Waals surface area contributed by atoms with Crippen molar-refractivity contribution in [3.8, 4) is 16.3 Å². The van der Waals surface area contributed by atoms with E-state index >= 15 is 0 Å². The number of halogens is 1. The number of nitrogens with zero attached hydrogens (tertiary/aromatic N) is 2. The molecule has 1 unspecified atom stereocenters. The van der Waals surface area contributed by atoms with Gasteiger partial charge in [-0.2, -0.15) is 0 Å². The first-order chi connectivity index (χ1) is 11.2. The quantitative estimate of drug-likeness (QED) is 0.725. The van der Waals surface area contributed by atoms with Gasteiger partial charge in [0, 0.05) is 11.7 Å². The highest BCUT2D eigenvalue weighted by atomic mass is 32.1. The van der Waals surface area contributed by atoms with Crippen LogP contribution in [-0.4, -0.2) is 41.7 Å². The molecule has 3 rings (SSSR count). The Balaban J connectivity index is 1.83. The Kier molecular flexibility index (Phi) is 4.68. The standard InChI is InChI=1S/C16H16FN3O2S/c1-18-16-5-4-13(19-20-16)15-6-10-2-3-12(7-14(10)23-15)22-9-11(21)8-17/h2-7,11,21H,8-9H2,1H3,(H,18,20). The SMILES string of the molecule is CNc1ccc(-c2cc3ccc(OCC(O)CF)cc3s2)nn1. The minimum absolute atomic E-state index is 0.0583. The van der Waals surface area contributed by atoms with Crippen LogP contribution in [0, 0.1) is 0 Å². The number of nitrogens with one attached hydrogen (secondary N) is 1. The van der Waals surface area contributed by atoms with E-state index in [2.05, 4.69) is 15.5 Å². The third kappa shape index (κ3) is 3.57. The average Bonchev–Trinajstić information content (AvgIpc) is 3.03. The second-order valence-electron chi connectivity index (χ2n) is 4.98. The molecule has 0 aliphatic heterocycles. The first-order valence-electron chi connectivity index (χ1n) is 7.12. The number of ether oxygens (including phenoxy) is 1. The third-order valence-corrected chi connectivity index (χ3v) is 4.41. The lowest BCUT2D eigenvalue weighted by atomic mass is 10.2. The van der Waals surface area contributed by atoms with Crippen molar-refractivity contribution in [2.75, 3.05) is 25.6 Å². The van der Waals surface area contributed by atoms with Gasteiger partial charge in [0.15, 0.2) is 0 Å². The van der Waals surface area contributed by atoms with Gasteiger partial charge in [-0.05, 0) is 41.8 Å². The number of aliphatic hydroxyl groups is 1. The predicted octanol–water partition coefficient (Wildman–Crippen LogP) is 3.11. The summed E-state index contributed by atoms with van der Waals surface area (Å²) in [6, 6.07) is 11.5. The minimum Gasteiger partial charge on any atom is -0.491 e. The molecule has 3 aromatic rings. The number of hydrogen-bond donors (Lipinski definition) is 2. The molecule has 2 heterocycles. The first kappa shape index (κ1) is 15.6. The zero-order valence-electron chi connectivity index (χ0n) is 12.5. The van der Waals surface area contributed by atoms with Gasteiger partial charge in [0.1, 0.15) is 36.6 Å². The molecule has 2 aromatic heterocycles. The Labute approximate surface area is 136 Å². The summed E-state index contributed by atoms with van der Waals surface area (Å²) in [5.41, 5.74) is 0.806. The van der Waals surface area contributed by atoms with Crippen molar-refractivity contribution in [1.29, 1.82) is 0 Å². The lowest BCUT2D eigenvalue weighted by Crippen LogP contribution is -2.19. The molecule has 0 spiro atoms. The van der Waals surface area contributed by atoms with Gasteiger partial charge in [-0.1, -0.05) is 0 Å². The van der Waals surface area contributed by atoms with Gasteiger partial charge < -0.3 is 15.2 Å². The number of fused-ring (bicyclic) bond motifs is 1. The Hall–Kier alpha value is -2.25. The van der Waals surface area contributed by atoms with Gasteiger partial charge in [-0.3, -0.25) is 0 Å². The second-order valence-corrected chi connectivity index (χ2v) is 6.07. The van der Waals surface area contributed by atoms with Gasteiger partial charge in [0.2, 0.25) is 0 Å². The van der Waals surface area contributed by atoms with Crippen LogP contribution in [0.2, 0.25) is 0 Å². The van der Waals surface area contributed by atoms with Gasteiger partial charge in [0.05, 0.1) is 4.88 Å². The monoisotopic (exact) mass is 333 g/mol. The van der Waals surface area contributed by atoms with Crippen molar-refractivity contribution in [3.63, 3.8) is 0 Å². The summed E-state index contributed by atoms with van der Waals surface area (Å²) in [7, 11) is 1.80. The maximum Gasteiger partial charge on any atom is 0.148 e. The highest BCUT2D eigenvalue weighted by Crippen LogP contribution is 2.34. The van der Waals surface area contributed by atoms with Crippen LogP contribution >= 0.6 is 11.3 Å². The van der Waals surface area contributed by atoms with Crippen molar-refractivity contribution in [2.24, 2.45) is 0 Å². The number of benzene rings is 1. The molecule has 0 fully saturated rings. The molecule has 5 nitrogen and oxygen atoms in total. The highest BCUT2D eigenvalue weighted by Gasteiger charge is 2.09. The molecule has 0 bridgehead atoms. The van der Waals surface area contributed by atoms with E-state index in [1.807, 2.05) is 30.3 Å². The molecule has 23 heavy (non-hydrogen) atoms. The second kappa shape index (κ2) is 6.89. The molecular formula is C16H16FN3O2S. The van der Waals surface area contributed by atoms with Crippen LogP contribution in [0.25, 0.3) is 20.7 Å². The van der Waals surface area contributed by atoms with Crippen LogP contribution < -0.4 is 10.1 Å². The number of hydrogen-bond acceptors (Lipinski definition) is 6. The Morgan fingerprint density at radius 2 is 2.13 bits per heavy atom. The topological polar surface area (TPSA) is 67.3 Å². The van der Waals surface area contributed by atoms with Gasteiger partial charge in [-0.15, -0.1) is 21.5 Å². The van der Waals surface area contributed by atoms with Gasteiger partial charge >= 0.3 is 0 Å². The van der Waals surface area contributed by atoms with Crippen LogP contribution in [-0.2, 0) is 0 Å². The molecule has 1 atom stereocenters. The Morgan fingerprint density at radius 3 is 2.83 bits per heavy atom. The summed E-state index contributed by atoms with van der Waals surface area (Å²) in [5.74, 6) is 1.33. The summed E-state index contributed by atoms with van der Waals surface area (Å²) < 4.78 is 18.7. The third-order valence-electron chi connectivity index (χ3n) is 3.29. The Morgan fingerprint density at radius 1 is 1.26 bits per heavy atom. The number of thiophene rings is 1. The number of rotatable bonds is 6. The summed E-state index contributed by atoms with van der Waals surface area (Å²) in [6.07, 6.45) is -1.09. The van der Waals surface area contributed by atoms with Crippen molar-refractivity contribution in [1.82, 2.24) is 10.2 Å². The van der Waals surface area contributed by atoms with Gasteiger partial charge in [-0.25, -0.2) is 4.39 Å². The normalized spacial score (nSPS) is 12.3. The first-order valence-corrected chi connectivity index (χ1v) is 7.93. The van der Waals surface area contributed by atoms with Crippen LogP contribution in [0.5, 0.6) is 5.75 Å². The number of aromatic nitrogens is 2. The van der Waals surface area contributed by atoms with Crippen molar-refractivity contribution in [3.05, 3.63) is 36.4 Å². The highest BCUT2D eigenvalue weighted by molar-refractivity contribution is 7.22. The minimum atomic E-state index is -1.09. The molecule has 120 valence electrons. The number of aliphatic hydroxyl groups excluding tert-OH is 1. The van der Waals surface area contributed by atoms with E-state index in [1.54, 1.807) is 24.5 Å². The van der Waals surface area contributed by atoms with Crippen LogP contribution in [0.1, 0.15) is 0 Å². The zero-order chi connectivity index (χ0) is 16.2. The van der Waals surface area contributed by atoms with E-state index in [9.17, 15) is 9.50 Å². The molecule has 0 saturated carbocycles. The van der Waals surface area contributed by atoms with E-state index in [4.69, 9.17) is 4.74 Å². The van der Waals surface area contributed by atoms with Crippen LogP contribution in [0.4, 0.5) is 10.2 Å². The fourth-order valence-corrected chi connectivity index (χ4v) is 3.12. The molecule has 1 aromatic carbocycles. The maximum atomic E-state index is 12.2. The number of anilines is 1. The van der Waals surface area contributed by atoms with E-state index < -0.39 is 12.8 Å². The van der Waals surface area contributed by atoms with E-state index in [0.717, 1.165) is 26.5 Å². The number of alkyl halides is 1. The molecule has 0 aliphatic rings. The lowest BCUT2D eigenvalue weighted by molar-refractivity contribution is 0.0842. The van der Waals surface area contributed by atoms with Crippen molar-refractivity contribution >= 4 is 27.2 Å². The summed E-state index contributed by atoms with van der Waals surface area (Å²) in [6.45, 7) is -0.871. The van der Waals surface area contributed by atoms with E-state index in [0.29, 0.717) is 5.75 Å². The maximum absolute atomic E-state index is 12.2. The lowest BCUT2D eigenvalue weighted by Gasteiger charge is -2.08. The average molecular weight is 333 g/mol. The fraction of sp³-hybridized carbons (Fsp3) is 0.250. The summed E-state index contributed by atoms with van der Waals surface area (Å²) in [4.78, 5) is 1.01. The van der Waals surface area contributed by atoms with Crippen molar-refractivity contribution < 1.29 is 14.2 Å². The Bertz CT molecular complexity index is 792. The molecule has 7 heteroatoms. The largest absolute Gasteiger partial charge is 0.491 e. The van der Waals surface area contributed by atoms with Gasteiger partial charge in [0.25, 0.3) is 0 Å². The molecule has 0 saturated heterocycles. The predicted molar refractivity (Wildman–Crippen MR) is 89.9 cm³/mol. The molecule has 2 N–H and O–H groups in total. The molecular weight excluding hydrogens is 317 g/mol. The summed E-state index contributed by atoms with van der Waals surface area (Å²) in [5, 5.41) is 21.5. The van der Waals surface area contributed by atoms with E-state index in [-0.39, 0.29) is 6.61 Å². The molecule has 0 radical (unpaired) electrons. The van der Waals surface area contributed by atoms with E-state index in [1.165, 1.54) is 0 Å². The zero-order valence-corrected chi connectivity index (χ0v) is 13.3. The molecule has 0 aliphatic carbocycles. The smallest absolute Gasteiger partial charge is 0.148 e. The van der Waals surface area contributed by atoms with Crippen LogP contribution in [0.15, 0.2) is 36.4 Å². The van der Waals surface area contributed by atoms with Crippen LogP contribution in [0.3, 0.4) is 0 Å². The summed E-state index contributed by atoms with van der Waals surface area (Å²) >= 11 is 1.58.